The lowest BCUT2D eigenvalue weighted by atomic mass is 10.2. The molecule has 9 heteroatoms. The van der Waals surface area contributed by atoms with E-state index in [1.54, 1.807) is 19.1 Å². The minimum Gasteiger partial charge on any atom is -0.476 e. The fraction of sp³-hybridized carbons (Fsp3) is 0.0588. The topological polar surface area (TPSA) is 101 Å². The molecule has 0 spiro atoms. The summed E-state index contributed by atoms with van der Waals surface area (Å²) in [6.07, 6.45) is 0. The van der Waals surface area contributed by atoms with E-state index in [0.717, 1.165) is 6.07 Å². The van der Waals surface area contributed by atoms with Gasteiger partial charge < -0.3 is 9.84 Å². The van der Waals surface area contributed by atoms with Crippen LogP contribution in [0, 0.1) is 24.6 Å². The van der Waals surface area contributed by atoms with Crippen molar-refractivity contribution in [3.05, 3.63) is 63.8 Å². The Bertz CT molecular complexity index is 1060. The summed E-state index contributed by atoms with van der Waals surface area (Å²) in [5.74, 6) is 3.48. The molecule has 3 rings (SSSR count). The summed E-state index contributed by atoms with van der Waals surface area (Å²) >= 11 is 5.90. The zero-order valence-corrected chi connectivity index (χ0v) is 14.0. The van der Waals surface area contributed by atoms with Crippen molar-refractivity contribution >= 4 is 17.6 Å². The van der Waals surface area contributed by atoms with Crippen LogP contribution in [0.5, 0.6) is 11.6 Å². The Morgan fingerprint density at radius 1 is 1.31 bits per heavy atom. The summed E-state index contributed by atoms with van der Waals surface area (Å²) in [5, 5.41) is 18.6. The molecule has 0 saturated carbocycles. The highest BCUT2D eigenvalue weighted by Gasteiger charge is 2.17. The maximum Gasteiger partial charge on any atom is 0.359 e. The number of carboxylic acid groups (broad SMARTS) is 1. The number of H-pyrrole nitrogens is 1. The zero-order valence-electron chi connectivity index (χ0n) is 13.2. The van der Waals surface area contributed by atoms with Crippen molar-refractivity contribution in [2.75, 3.05) is 0 Å². The van der Waals surface area contributed by atoms with E-state index in [1.807, 2.05) is 0 Å². The SMILES string of the molecule is Cc1nc(C#Cc2cc(Oc3nn[nH]c3C(=O)O)ccc2F)ccc1Cl. The van der Waals surface area contributed by atoms with E-state index in [0.29, 0.717) is 16.4 Å². The van der Waals surface area contributed by atoms with Crippen molar-refractivity contribution in [3.63, 3.8) is 0 Å². The average molecular weight is 373 g/mol. The first-order valence-corrected chi connectivity index (χ1v) is 7.59. The van der Waals surface area contributed by atoms with Crippen molar-refractivity contribution in [1.82, 2.24) is 20.4 Å². The van der Waals surface area contributed by atoms with Crippen LogP contribution in [0.1, 0.15) is 27.4 Å². The molecule has 0 unspecified atom stereocenters. The first-order valence-electron chi connectivity index (χ1n) is 7.21. The van der Waals surface area contributed by atoms with Crippen LogP contribution in [-0.4, -0.2) is 31.5 Å². The van der Waals surface area contributed by atoms with Gasteiger partial charge in [-0.2, -0.15) is 0 Å². The lowest BCUT2D eigenvalue weighted by molar-refractivity contribution is 0.0687. The van der Waals surface area contributed by atoms with Gasteiger partial charge in [0, 0.05) is 0 Å². The average Bonchev–Trinajstić information content (AvgIpc) is 3.06. The number of hydrogen-bond acceptors (Lipinski definition) is 5. The van der Waals surface area contributed by atoms with Gasteiger partial charge in [0.1, 0.15) is 17.3 Å². The van der Waals surface area contributed by atoms with E-state index in [1.165, 1.54) is 12.1 Å². The second-order valence-electron chi connectivity index (χ2n) is 5.05. The molecule has 26 heavy (non-hydrogen) atoms. The standard InChI is InChI=1S/C17H10ClFN4O3/c1-9-13(18)6-4-11(20-9)3-2-10-8-12(5-7-14(10)19)26-16-15(17(24)25)21-23-22-16/h4-8H,1H3,(H,24,25)(H,21,22,23). The number of benzene rings is 1. The number of aryl methyl sites for hydroxylation is 1. The quantitative estimate of drug-likeness (QED) is 0.685. The molecule has 0 saturated heterocycles. The molecule has 3 aromatic rings. The molecule has 2 N–H and O–H groups in total. The van der Waals surface area contributed by atoms with Crippen LogP contribution in [0.2, 0.25) is 5.02 Å². The van der Waals surface area contributed by atoms with Crippen LogP contribution in [0.4, 0.5) is 4.39 Å². The number of aromatic nitrogens is 4. The monoisotopic (exact) mass is 372 g/mol. The summed E-state index contributed by atoms with van der Waals surface area (Å²) in [4.78, 5) is 15.2. The number of pyridine rings is 1. The predicted octanol–water partition coefficient (Wildman–Crippen LogP) is 3.19. The number of ether oxygens (including phenoxy) is 1. The second kappa shape index (κ2) is 7.21. The Hall–Kier alpha value is -3.44. The fourth-order valence-corrected chi connectivity index (χ4v) is 2.05. The molecule has 2 heterocycles. The van der Waals surface area contributed by atoms with Gasteiger partial charge in [0.25, 0.3) is 5.88 Å². The van der Waals surface area contributed by atoms with Gasteiger partial charge in [0.15, 0.2) is 0 Å². The third-order valence-corrected chi connectivity index (χ3v) is 3.63. The lowest BCUT2D eigenvalue weighted by Crippen LogP contribution is -2.00. The van der Waals surface area contributed by atoms with Crippen LogP contribution in [-0.2, 0) is 0 Å². The minimum atomic E-state index is -1.28. The van der Waals surface area contributed by atoms with E-state index >= 15 is 0 Å². The predicted molar refractivity (Wildman–Crippen MR) is 89.8 cm³/mol. The maximum absolute atomic E-state index is 14.0. The highest BCUT2D eigenvalue weighted by atomic mass is 35.5. The van der Waals surface area contributed by atoms with E-state index in [-0.39, 0.29) is 22.9 Å². The smallest absolute Gasteiger partial charge is 0.359 e. The molecule has 0 aliphatic heterocycles. The summed E-state index contributed by atoms with van der Waals surface area (Å²) in [6, 6.07) is 7.08. The summed E-state index contributed by atoms with van der Waals surface area (Å²) in [7, 11) is 0. The van der Waals surface area contributed by atoms with Crippen molar-refractivity contribution < 1.29 is 19.0 Å². The highest BCUT2D eigenvalue weighted by molar-refractivity contribution is 6.31. The van der Waals surface area contributed by atoms with Gasteiger partial charge in [0.05, 0.1) is 16.3 Å². The van der Waals surface area contributed by atoms with Crippen molar-refractivity contribution in [2.24, 2.45) is 0 Å². The van der Waals surface area contributed by atoms with Crippen molar-refractivity contribution in [1.29, 1.82) is 0 Å². The number of nitrogens with zero attached hydrogens (tertiary/aromatic N) is 3. The molecule has 0 atom stereocenters. The summed E-state index contributed by atoms with van der Waals surface area (Å²) < 4.78 is 19.3. The molecule has 0 radical (unpaired) electrons. The molecule has 2 aromatic heterocycles. The first-order chi connectivity index (χ1) is 12.4. The molecule has 0 fully saturated rings. The minimum absolute atomic E-state index is 0.0530. The number of rotatable bonds is 3. The molecule has 130 valence electrons. The van der Waals surface area contributed by atoms with Gasteiger partial charge in [-0.3, -0.25) is 0 Å². The Kier molecular flexibility index (Phi) is 4.82. The van der Waals surface area contributed by atoms with Crippen molar-refractivity contribution in [3.8, 4) is 23.5 Å². The van der Waals surface area contributed by atoms with Gasteiger partial charge in [-0.25, -0.2) is 19.3 Å². The molecule has 0 aliphatic rings. The number of halogens is 2. The summed E-state index contributed by atoms with van der Waals surface area (Å²) in [6.45, 7) is 1.74. The van der Waals surface area contributed by atoms with Gasteiger partial charge in [-0.1, -0.05) is 27.8 Å². The van der Waals surface area contributed by atoms with E-state index in [4.69, 9.17) is 21.4 Å². The molecular weight excluding hydrogens is 363 g/mol. The number of nitrogens with one attached hydrogen (secondary N) is 1. The molecule has 0 amide bonds. The first kappa shape index (κ1) is 17.4. The Balaban J connectivity index is 1.89. The lowest BCUT2D eigenvalue weighted by Gasteiger charge is -2.04. The highest BCUT2D eigenvalue weighted by Crippen LogP contribution is 2.23. The third-order valence-electron chi connectivity index (χ3n) is 3.23. The van der Waals surface area contributed by atoms with Crippen LogP contribution in [0.15, 0.2) is 30.3 Å². The number of aromatic amines is 1. The van der Waals surface area contributed by atoms with E-state index in [9.17, 15) is 9.18 Å². The molecule has 0 aliphatic carbocycles. The van der Waals surface area contributed by atoms with Crippen LogP contribution < -0.4 is 4.74 Å². The molecule has 1 aromatic carbocycles. The maximum atomic E-state index is 14.0. The number of carboxylic acids is 1. The van der Waals surface area contributed by atoms with Gasteiger partial charge in [-0.15, -0.1) is 0 Å². The van der Waals surface area contributed by atoms with E-state index < -0.39 is 11.8 Å². The van der Waals surface area contributed by atoms with Crippen LogP contribution in [0.3, 0.4) is 0 Å². The Morgan fingerprint density at radius 2 is 2.12 bits per heavy atom. The largest absolute Gasteiger partial charge is 0.476 e. The van der Waals surface area contributed by atoms with Gasteiger partial charge in [0.2, 0.25) is 5.69 Å². The summed E-state index contributed by atoms with van der Waals surface area (Å²) in [5.41, 5.74) is 0.783. The third kappa shape index (κ3) is 3.79. The van der Waals surface area contributed by atoms with Crippen LogP contribution >= 0.6 is 11.6 Å². The van der Waals surface area contributed by atoms with Gasteiger partial charge in [-0.05, 0) is 43.2 Å². The second-order valence-corrected chi connectivity index (χ2v) is 5.46. The number of aromatic carboxylic acids is 1. The number of hydrogen-bond donors (Lipinski definition) is 2. The molecular formula is C17H10ClFN4O3. The van der Waals surface area contributed by atoms with E-state index in [2.05, 4.69) is 32.2 Å². The molecule has 0 bridgehead atoms. The Labute approximate surface area is 151 Å². The fourth-order valence-electron chi connectivity index (χ4n) is 1.95. The zero-order chi connectivity index (χ0) is 18.7. The van der Waals surface area contributed by atoms with Gasteiger partial charge >= 0.3 is 5.97 Å². The van der Waals surface area contributed by atoms with Crippen molar-refractivity contribution in [2.45, 2.75) is 6.92 Å². The van der Waals surface area contributed by atoms with Crippen LogP contribution in [0.25, 0.3) is 0 Å². The number of carbonyl (C=O) groups is 1. The molecule has 7 nitrogen and oxygen atoms in total. The Morgan fingerprint density at radius 3 is 2.85 bits per heavy atom. The normalized spacial score (nSPS) is 10.1.